The lowest BCUT2D eigenvalue weighted by molar-refractivity contribution is -0.482. The number of hydrogen-bond acceptors (Lipinski definition) is 3. The second kappa shape index (κ2) is 6.71. The topological polar surface area (TPSA) is 63.6 Å². The molecule has 0 fully saturated rings. The van der Waals surface area contributed by atoms with Crippen LogP contribution in [0.1, 0.15) is 13.3 Å². The second-order valence-electron chi connectivity index (χ2n) is 5.18. The molecule has 1 N–H and O–H groups in total. The maximum atomic E-state index is 13.6. The van der Waals surface area contributed by atoms with E-state index in [1.54, 1.807) is 4.74 Å². The molecule has 0 heterocycles. The van der Waals surface area contributed by atoms with Crippen LogP contribution >= 0.6 is 0 Å². The molecular weight excluding hydrogens is 470 g/mol. The highest BCUT2D eigenvalue weighted by atomic mass is 32.2. The minimum absolute atomic E-state index is 0.835. The van der Waals surface area contributed by atoms with Gasteiger partial charge in [0.15, 0.2) is 0 Å². The third-order valence-corrected chi connectivity index (χ3v) is 3.74. The van der Waals surface area contributed by atoms with Crippen LogP contribution in [0.3, 0.4) is 0 Å². The molecule has 1 atom stereocenters. The monoisotopic (exact) mass is 476 g/mol. The third kappa shape index (κ3) is 4.55. The summed E-state index contributed by atoms with van der Waals surface area (Å²) in [7, 11) is -7.44. The Morgan fingerprint density at radius 2 is 1.11 bits per heavy atom. The molecule has 0 aromatic carbocycles. The van der Waals surface area contributed by atoms with Crippen molar-refractivity contribution < 1.29 is 79.2 Å². The van der Waals surface area contributed by atoms with Gasteiger partial charge in [0, 0.05) is 6.92 Å². The Bertz CT molecular complexity index is 678. The summed E-state index contributed by atoms with van der Waals surface area (Å²) in [6, 6.07) is 0. The Morgan fingerprint density at radius 1 is 0.750 bits per heavy atom. The Labute approximate surface area is 145 Å². The largest absolute Gasteiger partial charge is 0.460 e. The van der Waals surface area contributed by atoms with Gasteiger partial charge in [0.25, 0.3) is 0 Å². The van der Waals surface area contributed by atoms with Gasteiger partial charge < -0.3 is 0 Å². The third-order valence-electron chi connectivity index (χ3n) is 2.85. The maximum absolute atomic E-state index is 13.6. The van der Waals surface area contributed by atoms with E-state index in [0.29, 0.717) is 0 Å². The maximum Gasteiger partial charge on any atom is 0.460 e. The zero-order chi connectivity index (χ0) is 23.4. The van der Waals surface area contributed by atoms with E-state index >= 15 is 0 Å². The molecule has 0 saturated heterocycles. The van der Waals surface area contributed by atoms with Crippen molar-refractivity contribution in [2.75, 3.05) is 0 Å². The highest BCUT2D eigenvalue weighted by Crippen LogP contribution is 2.56. The van der Waals surface area contributed by atoms with E-state index in [1.807, 2.05) is 0 Å². The van der Waals surface area contributed by atoms with Crippen molar-refractivity contribution in [2.24, 2.45) is 0 Å². The summed E-state index contributed by atoms with van der Waals surface area (Å²) in [5.41, 5.74) is 0. The van der Waals surface area contributed by atoms with Crippen molar-refractivity contribution in [2.45, 2.75) is 54.5 Å². The summed E-state index contributed by atoms with van der Waals surface area (Å²) in [4.78, 5) is 0. The van der Waals surface area contributed by atoms with Crippen molar-refractivity contribution >= 4 is 10.1 Å². The zero-order valence-electron chi connectivity index (χ0n) is 12.6. The van der Waals surface area contributed by atoms with E-state index in [9.17, 15) is 69.9 Å². The minimum atomic E-state index is -7.58. The number of halogens is 14. The molecule has 0 aromatic rings. The van der Waals surface area contributed by atoms with Gasteiger partial charge in [-0.05, 0) is 0 Å². The summed E-state index contributed by atoms with van der Waals surface area (Å²) in [5, 5.41) is -7.20. The first-order valence-corrected chi connectivity index (χ1v) is 7.42. The van der Waals surface area contributed by atoms with Gasteiger partial charge >= 0.3 is 51.3 Å². The van der Waals surface area contributed by atoms with Gasteiger partial charge in [-0.3, -0.25) is 9.29 Å². The van der Waals surface area contributed by atoms with Crippen molar-refractivity contribution in [3.63, 3.8) is 0 Å². The molecule has 0 aliphatic heterocycles. The number of ether oxygens (including phenoxy) is 1. The summed E-state index contributed by atoms with van der Waals surface area (Å²) in [5.74, 6) is -26.4. The highest BCUT2D eigenvalue weighted by molar-refractivity contribution is 7.86. The number of rotatable bonds is 8. The molecule has 1 unspecified atom stereocenters. The lowest BCUT2D eigenvalue weighted by Gasteiger charge is -2.39. The Kier molecular flexibility index (Phi) is 6.44. The molecular formula is C9H6F14O4S. The smallest absolute Gasteiger partial charge is 0.281 e. The molecule has 0 spiro atoms. The van der Waals surface area contributed by atoms with Gasteiger partial charge in [0.2, 0.25) is 0 Å². The first-order chi connectivity index (χ1) is 11.7. The lowest BCUT2D eigenvalue weighted by Crippen LogP contribution is -2.65. The van der Waals surface area contributed by atoms with Crippen LogP contribution in [0.2, 0.25) is 0 Å². The molecule has 0 radical (unpaired) electrons. The van der Waals surface area contributed by atoms with Crippen molar-refractivity contribution in [1.82, 2.24) is 0 Å². The molecule has 0 aromatic heterocycles. The van der Waals surface area contributed by atoms with E-state index in [4.69, 9.17) is 4.55 Å². The van der Waals surface area contributed by atoms with Gasteiger partial charge in [-0.1, -0.05) is 0 Å². The minimum Gasteiger partial charge on any atom is -0.281 e. The van der Waals surface area contributed by atoms with Gasteiger partial charge in [0.05, 0.1) is 6.42 Å². The first-order valence-electron chi connectivity index (χ1n) is 5.98. The standard InChI is InChI=1S/C9H6F14O4S/c1-3(10,11)4(12,13)2-5(14,15)6(16,7(17,18)19)27-8(20,21)9(22,23)28(24,25)26/h2H2,1H3,(H,24,25,26). The summed E-state index contributed by atoms with van der Waals surface area (Å²) in [6.07, 6.45) is -19.2. The fraction of sp³-hybridized carbons (Fsp3) is 1.00. The predicted molar refractivity (Wildman–Crippen MR) is 57.6 cm³/mol. The Morgan fingerprint density at radius 3 is 1.36 bits per heavy atom. The molecule has 0 aliphatic carbocycles. The molecule has 0 aliphatic rings. The van der Waals surface area contributed by atoms with Crippen molar-refractivity contribution in [3.05, 3.63) is 0 Å². The van der Waals surface area contributed by atoms with Crippen LogP contribution in [0.15, 0.2) is 0 Å². The summed E-state index contributed by atoms with van der Waals surface area (Å²) >= 11 is 0. The van der Waals surface area contributed by atoms with Crippen LogP contribution in [-0.4, -0.2) is 54.1 Å². The average molecular weight is 476 g/mol. The van der Waals surface area contributed by atoms with E-state index in [-0.39, 0.29) is 0 Å². The molecule has 0 saturated carbocycles. The fourth-order valence-corrected chi connectivity index (χ4v) is 1.62. The second-order valence-corrected chi connectivity index (χ2v) is 6.64. The molecule has 0 bridgehead atoms. The quantitative estimate of drug-likeness (QED) is 0.411. The normalized spacial score (nSPS) is 18.1. The fourth-order valence-electron chi connectivity index (χ4n) is 1.27. The molecule has 28 heavy (non-hydrogen) atoms. The number of hydrogen-bond donors (Lipinski definition) is 1. The molecule has 0 rings (SSSR count). The van der Waals surface area contributed by atoms with Crippen molar-refractivity contribution in [3.8, 4) is 0 Å². The van der Waals surface area contributed by atoms with E-state index in [0.717, 1.165) is 0 Å². The van der Waals surface area contributed by atoms with Crippen LogP contribution in [0.25, 0.3) is 0 Å². The SMILES string of the molecule is CC(F)(F)C(F)(F)CC(F)(F)C(F)(OC(F)(F)C(F)(F)S(=O)(=O)O)C(F)(F)F. The van der Waals surface area contributed by atoms with Crippen molar-refractivity contribution in [1.29, 1.82) is 0 Å². The number of alkyl halides is 14. The van der Waals surface area contributed by atoms with Crippen LogP contribution < -0.4 is 0 Å². The van der Waals surface area contributed by atoms with Crippen LogP contribution in [0.5, 0.6) is 0 Å². The molecule has 0 amide bonds. The molecule has 170 valence electrons. The summed E-state index contributed by atoms with van der Waals surface area (Å²) in [6.45, 7) is -0.835. The van der Waals surface area contributed by atoms with Crippen LogP contribution in [0, 0.1) is 0 Å². The van der Waals surface area contributed by atoms with Gasteiger partial charge in [-0.2, -0.15) is 61.1 Å². The van der Waals surface area contributed by atoms with Crippen LogP contribution in [0.4, 0.5) is 61.5 Å². The zero-order valence-corrected chi connectivity index (χ0v) is 13.4. The lowest BCUT2D eigenvalue weighted by atomic mass is 9.98. The van der Waals surface area contributed by atoms with Crippen LogP contribution in [-0.2, 0) is 14.9 Å². The Hall–Kier alpha value is -1.11. The average Bonchev–Trinajstić information content (AvgIpc) is 2.31. The summed E-state index contributed by atoms with van der Waals surface area (Å²) < 4.78 is 210. The van der Waals surface area contributed by atoms with Gasteiger partial charge in [-0.15, -0.1) is 0 Å². The van der Waals surface area contributed by atoms with E-state index in [1.165, 1.54) is 0 Å². The molecule has 19 heteroatoms. The van der Waals surface area contributed by atoms with E-state index in [2.05, 4.69) is 0 Å². The van der Waals surface area contributed by atoms with E-state index < -0.39 is 64.6 Å². The van der Waals surface area contributed by atoms with Gasteiger partial charge in [-0.25, -0.2) is 8.78 Å². The first kappa shape index (κ1) is 26.9. The highest BCUT2D eigenvalue weighted by Gasteiger charge is 2.82. The van der Waals surface area contributed by atoms with Gasteiger partial charge in [0.1, 0.15) is 0 Å². The Balaban J connectivity index is 6.45. The molecule has 4 nitrogen and oxygen atoms in total. The predicted octanol–water partition coefficient (Wildman–Crippen LogP) is 4.62.